The molecule has 4 nitrogen and oxygen atoms in total. The summed E-state index contributed by atoms with van der Waals surface area (Å²) in [5.74, 6) is 1.06. The zero-order chi connectivity index (χ0) is 27.7. The van der Waals surface area contributed by atoms with Crippen molar-refractivity contribution in [2.24, 2.45) is 16.7 Å². The molecule has 0 spiro atoms. The van der Waals surface area contributed by atoms with E-state index in [4.69, 9.17) is 13.9 Å². The molecule has 0 aliphatic heterocycles. The van der Waals surface area contributed by atoms with E-state index in [1.807, 2.05) is 42.5 Å². The summed E-state index contributed by atoms with van der Waals surface area (Å²) in [6.07, 6.45) is 9.34. The second-order valence-electron chi connectivity index (χ2n) is 13.2. The van der Waals surface area contributed by atoms with Gasteiger partial charge in [0.25, 0.3) is 0 Å². The molecule has 0 saturated heterocycles. The third kappa shape index (κ3) is 5.43. The van der Waals surface area contributed by atoms with Gasteiger partial charge in [-0.3, -0.25) is 0 Å². The SMILES string of the molecule is C=C[C@]12CC[C@H]([C@@H](OCc3ccc(OC)cc3)[C@]1(O)C=CC(=C)CCCO[Si](C)(C)C(C)(C)C)C2(C)C. The maximum absolute atomic E-state index is 12.3. The minimum atomic E-state index is -1.74. The Morgan fingerprint density at radius 1 is 1.19 bits per heavy atom. The van der Waals surface area contributed by atoms with Gasteiger partial charge in [-0.15, -0.1) is 6.58 Å². The van der Waals surface area contributed by atoms with Crippen molar-refractivity contribution in [3.8, 4) is 5.75 Å². The highest BCUT2D eigenvalue weighted by atomic mass is 28.4. The maximum Gasteiger partial charge on any atom is 0.191 e. The Morgan fingerprint density at radius 2 is 1.84 bits per heavy atom. The van der Waals surface area contributed by atoms with Crippen molar-refractivity contribution >= 4 is 8.32 Å². The largest absolute Gasteiger partial charge is 0.497 e. The third-order valence-corrected chi connectivity index (χ3v) is 14.4. The standard InChI is InChI=1S/C32H50O4Si/c1-11-31-20-19-27(30(31,6)7)28(35-23-25-14-16-26(34-8)17-15-25)32(31,33)21-18-24(2)13-12-22-36-37(9,10)29(3,4)5/h11,14-18,21,27-28,33H,1-2,12-13,19-20,22-23H2,3-10H3/t27-,28-,31-,32-/m1/s1. The van der Waals surface area contributed by atoms with Crippen LogP contribution in [-0.4, -0.2) is 38.8 Å². The first-order valence-corrected chi connectivity index (χ1v) is 16.7. The molecule has 0 unspecified atom stereocenters. The summed E-state index contributed by atoms with van der Waals surface area (Å²) in [4.78, 5) is 0. The van der Waals surface area contributed by atoms with Crippen LogP contribution in [0.25, 0.3) is 0 Å². The van der Waals surface area contributed by atoms with Gasteiger partial charge in [0, 0.05) is 12.0 Å². The van der Waals surface area contributed by atoms with Gasteiger partial charge < -0.3 is 19.0 Å². The molecule has 37 heavy (non-hydrogen) atoms. The Kier molecular flexibility index (Phi) is 8.75. The lowest BCUT2D eigenvalue weighted by Gasteiger charge is -2.46. The van der Waals surface area contributed by atoms with Crippen molar-refractivity contribution in [1.29, 1.82) is 0 Å². The molecule has 4 atom stereocenters. The molecule has 3 rings (SSSR count). The van der Waals surface area contributed by atoms with E-state index >= 15 is 0 Å². The van der Waals surface area contributed by atoms with Gasteiger partial charge in [-0.05, 0) is 78.9 Å². The highest BCUT2D eigenvalue weighted by molar-refractivity contribution is 6.74. The fourth-order valence-corrected chi connectivity index (χ4v) is 7.39. The van der Waals surface area contributed by atoms with Crippen molar-refractivity contribution in [2.45, 2.75) is 96.7 Å². The molecule has 5 heteroatoms. The molecule has 0 heterocycles. The molecule has 2 fully saturated rings. The van der Waals surface area contributed by atoms with E-state index in [1.165, 1.54) is 0 Å². The molecule has 1 N–H and O–H groups in total. The van der Waals surface area contributed by atoms with Crippen LogP contribution >= 0.6 is 0 Å². The molecule has 0 aromatic heterocycles. The van der Waals surface area contributed by atoms with E-state index in [-0.39, 0.29) is 22.5 Å². The van der Waals surface area contributed by atoms with E-state index < -0.39 is 19.3 Å². The Hall–Kier alpha value is -1.66. The quantitative estimate of drug-likeness (QED) is 0.130. The number of methoxy groups -OCH3 is 1. The van der Waals surface area contributed by atoms with Crippen LogP contribution in [0.4, 0.5) is 0 Å². The minimum absolute atomic E-state index is 0.128. The summed E-state index contributed by atoms with van der Waals surface area (Å²) >= 11 is 0. The van der Waals surface area contributed by atoms with Crippen LogP contribution in [0.2, 0.25) is 18.1 Å². The lowest BCUT2D eigenvalue weighted by atomic mass is 9.62. The molecule has 1 aromatic carbocycles. The van der Waals surface area contributed by atoms with Crippen molar-refractivity contribution < 1.29 is 19.0 Å². The molecule has 2 aliphatic carbocycles. The molecule has 2 bridgehead atoms. The topological polar surface area (TPSA) is 47.9 Å². The van der Waals surface area contributed by atoms with Gasteiger partial charge in [0.1, 0.15) is 11.4 Å². The van der Waals surface area contributed by atoms with E-state index in [0.29, 0.717) is 6.61 Å². The van der Waals surface area contributed by atoms with E-state index in [0.717, 1.165) is 49.2 Å². The van der Waals surface area contributed by atoms with E-state index in [9.17, 15) is 5.11 Å². The van der Waals surface area contributed by atoms with Gasteiger partial charge in [-0.2, -0.15) is 0 Å². The summed E-state index contributed by atoms with van der Waals surface area (Å²) in [6, 6.07) is 7.92. The van der Waals surface area contributed by atoms with Gasteiger partial charge in [0.15, 0.2) is 8.32 Å². The van der Waals surface area contributed by atoms with Gasteiger partial charge in [-0.1, -0.05) is 71.1 Å². The molecule has 1 aromatic rings. The average molecular weight is 527 g/mol. The normalized spacial score (nSPS) is 29.1. The summed E-state index contributed by atoms with van der Waals surface area (Å²) in [5.41, 5.74) is 0.343. The molecule has 2 aliphatic rings. The number of benzene rings is 1. The number of fused-ring (bicyclic) bond motifs is 2. The predicted molar refractivity (Wildman–Crippen MR) is 156 cm³/mol. The van der Waals surface area contributed by atoms with Crippen molar-refractivity contribution in [1.82, 2.24) is 0 Å². The Bertz CT molecular complexity index is 987. The molecule has 206 valence electrons. The zero-order valence-corrected chi connectivity index (χ0v) is 25.5. The second kappa shape index (κ2) is 10.8. The highest BCUT2D eigenvalue weighted by Gasteiger charge is 2.74. The number of aliphatic hydroxyl groups is 1. The first-order chi connectivity index (χ1) is 17.1. The van der Waals surface area contributed by atoms with Crippen LogP contribution in [0, 0.1) is 16.7 Å². The molecule has 2 saturated carbocycles. The first kappa shape index (κ1) is 29.9. The molecule has 0 amide bonds. The lowest BCUT2D eigenvalue weighted by Crippen LogP contribution is -2.53. The molecular formula is C32H50O4Si. The fraction of sp³-hybridized carbons (Fsp3) is 0.625. The van der Waals surface area contributed by atoms with Crippen LogP contribution in [0.1, 0.15) is 65.9 Å². The van der Waals surface area contributed by atoms with Gasteiger partial charge >= 0.3 is 0 Å². The predicted octanol–water partition coefficient (Wildman–Crippen LogP) is 7.85. The third-order valence-electron chi connectivity index (χ3n) is 9.86. The second-order valence-corrected chi connectivity index (χ2v) is 18.0. The van der Waals surface area contributed by atoms with Crippen LogP contribution in [-0.2, 0) is 15.8 Å². The van der Waals surface area contributed by atoms with Gasteiger partial charge in [0.05, 0.1) is 19.8 Å². The van der Waals surface area contributed by atoms with E-state index in [1.54, 1.807) is 7.11 Å². The number of allylic oxidation sites excluding steroid dienone is 2. The van der Waals surface area contributed by atoms with Crippen molar-refractivity contribution in [3.63, 3.8) is 0 Å². The number of hydrogen-bond acceptors (Lipinski definition) is 4. The molecule has 0 radical (unpaired) electrons. The summed E-state index contributed by atoms with van der Waals surface area (Å²) in [7, 11) is -0.0769. The molecular weight excluding hydrogens is 476 g/mol. The number of rotatable bonds is 12. The van der Waals surface area contributed by atoms with Crippen LogP contribution < -0.4 is 4.74 Å². The van der Waals surface area contributed by atoms with Crippen molar-refractivity contribution in [3.05, 3.63) is 66.8 Å². The lowest BCUT2D eigenvalue weighted by molar-refractivity contribution is -0.133. The van der Waals surface area contributed by atoms with Gasteiger partial charge in [0.2, 0.25) is 0 Å². The summed E-state index contributed by atoms with van der Waals surface area (Å²) in [6.45, 7) is 25.6. The fourth-order valence-electron chi connectivity index (χ4n) is 6.30. The first-order valence-electron chi connectivity index (χ1n) is 13.8. The zero-order valence-electron chi connectivity index (χ0n) is 24.5. The van der Waals surface area contributed by atoms with Crippen molar-refractivity contribution in [2.75, 3.05) is 13.7 Å². The van der Waals surface area contributed by atoms with Crippen LogP contribution in [0.3, 0.4) is 0 Å². The van der Waals surface area contributed by atoms with Crippen LogP contribution in [0.15, 0.2) is 61.2 Å². The number of hydrogen-bond donors (Lipinski definition) is 1. The van der Waals surface area contributed by atoms with Crippen LogP contribution in [0.5, 0.6) is 5.75 Å². The Morgan fingerprint density at radius 3 is 2.41 bits per heavy atom. The van der Waals surface area contributed by atoms with Gasteiger partial charge in [-0.25, -0.2) is 0 Å². The Balaban J connectivity index is 1.72. The van der Waals surface area contributed by atoms with E-state index in [2.05, 4.69) is 60.9 Å². The highest BCUT2D eigenvalue weighted by Crippen LogP contribution is 2.71. The summed E-state index contributed by atoms with van der Waals surface area (Å²) in [5, 5.41) is 12.6. The number of ether oxygens (including phenoxy) is 2. The monoisotopic (exact) mass is 526 g/mol. The smallest absolute Gasteiger partial charge is 0.191 e. The summed E-state index contributed by atoms with van der Waals surface area (Å²) < 4.78 is 18.2. The average Bonchev–Trinajstić information content (AvgIpc) is 3.17. The minimum Gasteiger partial charge on any atom is -0.497 e. The Labute approximate surface area is 226 Å². The maximum atomic E-state index is 12.3.